The lowest BCUT2D eigenvalue weighted by molar-refractivity contribution is -0.139. The van der Waals surface area contributed by atoms with E-state index in [0.29, 0.717) is 65.9 Å². The summed E-state index contributed by atoms with van der Waals surface area (Å²) in [5.74, 6) is 1.06. The predicted octanol–water partition coefficient (Wildman–Crippen LogP) is 10.5. The molecule has 2 N–H and O–H groups in total. The van der Waals surface area contributed by atoms with Crippen molar-refractivity contribution >= 4 is 93.8 Å². The van der Waals surface area contributed by atoms with E-state index < -0.39 is 59.9 Å². The predicted molar refractivity (Wildman–Crippen MR) is 366 cm³/mol. The molecule has 0 unspecified atom stereocenters. The molecule has 2 saturated heterocycles. The Bertz CT molecular complexity index is 3580. The van der Waals surface area contributed by atoms with Crippen LogP contribution in [0.3, 0.4) is 0 Å². The van der Waals surface area contributed by atoms with E-state index in [1.807, 2.05) is 76.2 Å². The molecular weight excluding hydrogens is 1310 g/mol. The third kappa shape index (κ3) is 17.1. The summed E-state index contributed by atoms with van der Waals surface area (Å²) < 4.78 is 35.1. The molecule has 0 aromatic heterocycles. The molecule has 6 aromatic rings. The second-order valence-electron chi connectivity index (χ2n) is 23.7. The maximum Gasteiger partial charge on any atom is 0.326 e. The molecule has 0 spiro atoms. The van der Waals surface area contributed by atoms with E-state index >= 15 is 9.59 Å². The van der Waals surface area contributed by atoms with E-state index in [0.717, 1.165) is 22.3 Å². The Labute approximate surface area is 577 Å². The Balaban J connectivity index is 0.667. The van der Waals surface area contributed by atoms with Gasteiger partial charge in [0.2, 0.25) is 23.6 Å². The molecule has 96 heavy (non-hydrogen) atoms. The van der Waals surface area contributed by atoms with Crippen molar-refractivity contribution in [1.82, 2.24) is 40.0 Å². The lowest BCUT2D eigenvalue weighted by atomic mass is 9.93. The number of hydrogen-bond donors (Lipinski definition) is 2. The standard InChI is InChI=1S/C70H76Cl4N10O12/c1-43(2)95-57-37-53(91-5)23-25-55(57)67-77-63(45-7-15-49(71)16-8-45)65(47-11-19-51(73)20-12-47)83(67)69(89)81-31-29-79(61(87)41-81)39-59(85)75-27-33-93-35-36-94-34-28-76-60(86)40-80-30-32-82(42-62(80)88)70(90)84-66(48-13-21-52(74)22-14-48)64(46-9-17-50(72)18-10-46)78-68(84)56-26-24-54(92-6)38-58(56)96-44(3)4/h7-26,37-38,43-44,63-66H,27-36,39-42H2,1-6H3,(H,75,85)(H,76,86)/t63-,64-,65+,66+/m1/s1. The number of carbonyl (C=O) groups excluding carboxylic acids is 6. The fourth-order valence-electron chi connectivity index (χ4n) is 11.7. The summed E-state index contributed by atoms with van der Waals surface area (Å²) >= 11 is 25.5. The summed E-state index contributed by atoms with van der Waals surface area (Å²) in [6, 6.07) is 36.2. The average molecular weight is 1390 g/mol. The highest BCUT2D eigenvalue weighted by Crippen LogP contribution is 2.48. The van der Waals surface area contributed by atoms with Gasteiger partial charge < -0.3 is 58.7 Å². The Morgan fingerprint density at radius 2 is 0.823 bits per heavy atom. The van der Waals surface area contributed by atoms with E-state index in [9.17, 15) is 19.2 Å². The topological polar surface area (TPSA) is 226 Å². The monoisotopic (exact) mass is 1390 g/mol. The number of piperazine rings is 2. The summed E-state index contributed by atoms with van der Waals surface area (Å²) in [6.07, 6.45) is -0.469. The highest BCUT2D eigenvalue weighted by atomic mass is 35.5. The number of amides is 8. The van der Waals surface area contributed by atoms with Crippen molar-refractivity contribution in [2.75, 3.05) is 106 Å². The van der Waals surface area contributed by atoms with Crippen LogP contribution >= 0.6 is 46.4 Å². The summed E-state index contributed by atoms with van der Waals surface area (Å²) in [7, 11) is 3.12. The second kappa shape index (κ2) is 32.4. The SMILES string of the molecule is COc1ccc(C2=N[C@H](c3ccc(Cl)cc3)[C@H](c3ccc(Cl)cc3)N2C(=O)N2CCN(CC(=O)NCCOCCOCCNC(=O)CN3CCN(C(=O)N4C(c5ccc(OC)cc5OC(C)C)=N[C@H](c5ccc(Cl)cc5)[C@@H]4c4ccc(Cl)cc4)CC3=O)C(=O)C2)c(OC(C)C)c1. The number of nitrogens with zero attached hydrogens (tertiary/aromatic N) is 8. The first-order valence-corrected chi connectivity index (χ1v) is 33.1. The fraction of sp³-hybridized carbons (Fsp3) is 0.371. The van der Waals surface area contributed by atoms with Gasteiger partial charge in [-0.15, -0.1) is 0 Å². The molecule has 22 nitrogen and oxygen atoms in total. The van der Waals surface area contributed by atoms with Gasteiger partial charge in [-0.3, -0.25) is 39.0 Å². The van der Waals surface area contributed by atoms with Gasteiger partial charge in [-0.2, -0.15) is 0 Å². The number of carbonyl (C=O) groups is 6. The summed E-state index contributed by atoms with van der Waals surface area (Å²) in [6.45, 7) is 8.08. The van der Waals surface area contributed by atoms with E-state index in [4.69, 9.17) is 84.8 Å². The number of halogens is 4. The minimum absolute atomic E-state index is 0.0984. The first-order valence-electron chi connectivity index (χ1n) is 31.6. The highest BCUT2D eigenvalue weighted by molar-refractivity contribution is 6.31. The van der Waals surface area contributed by atoms with Gasteiger partial charge in [0.25, 0.3) is 0 Å². The van der Waals surface area contributed by atoms with Crippen molar-refractivity contribution in [3.8, 4) is 23.0 Å². The molecule has 0 bridgehead atoms. The van der Waals surface area contributed by atoms with E-state index in [1.165, 1.54) is 19.6 Å². The summed E-state index contributed by atoms with van der Waals surface area (Å²) in [5.41, 5.74) is 4.19. The van der Waals surface area contributed by atoms with Crippen LogP contribution < -0.4 is 29.6 Å². The molecule has 8 amide bonds. The molecule has 4 aliphatic rings. The maximum atomic E-state index is 15.1. The van der Waals surface area contributed by atoms with Crippen LogP contribution in [-0.2, 0) is 28.7 Å². The molecule has 4 atom stereocenters. The second-order valence-corrected chi connectivity index (χ2v) is 25.4. The molecule has 506 valence electrons. The van der Waals surface area contributed by atoms with Crippen molar-refractivity contribution in [3.63, 3.8) is 0 Å². The van der Waals surface area contributed by atoms with E-state index in [1.54, 1.807) is 109 Å². The van der Waals surface area contributed by atoms with Gasteiger partial charge in [-0.1, -0.05) is 94.9 Å². The van der Waals surface area contributed by atoms with Crippen LogP contribution in [0.4, 0.5) is 9.59 Å². The average Bonchev–Trinajstić information content (AvgIpc) is 1.60. The van der Waals surface area contributed by atoms with Crippen molar-refractivity contribution < 1.29 is 57.2 Å². The fourth-order valence-corrected chi connectivity index (χ4v) is 12.2. The lowest BCUT2D eigenvalue weighted by Gasteiger charge is -2.38. The Morgan fingerprint density at radius 1 is 0.479 bits per heavy atom. The molecule has 0 saturated carbocycles. The number of amidine groups is 2. The van der Waals surface area contributed by atoms with Gasteiger partial charge in [0.05, 0.1) is 89.2 Å². The van der Waals surface area contributed by atoms with Crippen molar-refractivity contribution in [1.29, 1.82) is 0 Å². The summed E-state index contributed by atoms with van der Waals surface area (Å²) in [4.78, 5) is 104. The zero-order valence-corrected chi connectivity index (χ0v) is 57.1. The number of methoxy groups -OCH3 is 2. The van der Waals surface area contributed by atoms with Crippen LogP contribution in [0.25, 0.3) is 0 Å². The Morgan fingerprint density at radius 3 is 1.15 bits per heavy atom. The number of nitrogens with one attached hydrogen (secondary N) is 2. The molecule has 26 heteroatoms. The van der Waals surface area contributed by atoms with Crippen LogP contribution in [0.15, 0.2) is 143 Å². The van der Waals surface area contributed by atoms with Crippen molar-refractivity contribution in [2.45, 2.75) is 64.1 Å². The third-order valence-electron chi connectivity index (χ3n) is 16.3. The molecule has 0 aliphatic carbocycles. The molecule has 2 fully saturated rings. The van der Waals surface area contributed by atoms with E-state index in [-0.39, 0.29) is 104 Å². The summed E-state index contributed by atoms with van der Waals surface area (Å²) in [5, 5.41) is 7.69. The van der Waals surface area contributed by atoms with Gasteiger partial charge in [0, 0.05) is 71.5 Å². The number of rotatable bonds is 25. The third-order valence-corrected chi connectivity index (χ3v) is 17.3. The van der Waals surface area contributed by atoms with E-state index in [2.05, 4.69) is 10.6 Å². The van der Waals surface area contributed by atoms with Crippen LogP contribution in [0, 0.1) is 0 Å². The molecule has 10 rings (SSSR count). The number of aliphatic imine (C=N–C) groups is 2. The van der Waals surface area contributed by atoms with Crippen molar-refractivity contribution in [2.24, 2.45) is 9.98 Å². The van der Waals surface area contributed by atoms with Gasteiger partial charge in [0.1, 0.15) is 59.8 Å². The van der Waals surface area contributed by atoms with Crippen LogP contribution in [0.5, 0.6) is 23.0 Å². The number of hydrogen-bond acceptors (Lipinski definition) is 14. The number of benzene rings is 6. The molecule has 4 aliphatic heterocycles. The van der Waals surface area contributed by atoms with Crippen LogP contribution in [-0.4, -0.2) is 195 Å². The smallest absolute Gasteiger partial charge is 0.326 e. The number of urea groups is 2. The number of ether oxygens (including phenoxy) is 6. The maximum absolute atomic E-state index is 15.1. The highest BCUT2D eigenvalue weighted by Gasteiger charge is 2.48. The molecule has 0 radical (unpaired) electrons. The zero-order chi connectivity index (χ0) is 68.2. The zero-order valence-electron chi connectivity index (χ0n) is 54.1. The molecule has 4 heterocycles. The normalized spacial score (nSPS) is 18.0. The molecule has 6 aromatic carbocycles. The van der Waals surface area contributed by atoms with Crippen LogP contribution in [0.2, 0.25) is 20.1 Å². The minimum atomic E-state index is -0.683. The van der Waals surface area contributed by atoms with Gasteiger partial charge >= 0.3 is 12.1 Å². The quantitative estimate of drug-likeness (QED) is 0.0511. The van der Waals surface area contributed by atoms with Gasteiger partial charge in [-0.25, -0.2) is 9.59 Å². The largest absolute Gasteiger partial charge is 0.497 e. The minimum Gasteiger partial charge on any atom is -0.497 e. The Kier molecular flexibility index (Phi) is 23.7. The van der Waals surface area contributed by atoms with Crippen LogP contribution in [0.1, 0.15) is 85.2 Å². The lowest BCUT2D eigenvalue weighted by Crippen LogP contribution is -2.57. The van der Waals surface area contributed by atoms with Gasteiger partial charge in [0.15, 0.2) is 0 Å². The van der Waals surface area contributed by atoms with Crippen molar-refractivity contribution in [3.05, 3.63) is 187 Å². The first kappa shape index (κ1) is 70.2. The van der Waals surface area contributed by atoms with Gasteiger partial charge in [-0.05, 0) is 123 Å². The first-order chi connectivity index (χ1) is 46.3. The molecular formula is C70H76Cl4N10O12. The Hall–Kier alpha value is -8.64.